The highest BCUT2D eigenvalue weighted by atomic mass is 16.6. The number of nitrogens with one attached hydrogen (secondary N) is 1. The van der Waals surface area contributed by atoms with E-state index in [0.717, 1.165) is 0 Å². The zero-order valence-electron chi connectivity index (χ0n) is 16.0. The number of nitrogens with two attached hydrogens (primary N) is 1. The molecule has 1 aromatic rings. The van der Waals surface area contributed by atoms with Crippen molar-refractivity contribution in [3.05, 3.63) is 24.8 Å². The highest BCUT2D eigenvalue weighted by Gasteiger charge is 2.19. The summed E-state index contributed by atoms with van der Waals surface area (Å²) in [6, 6.07) is 3.18. The first-order valence-corrected chi connectivity index (χ1v) is 8.57. The van der Waals surface area contributed by atoms with Gasteiger partial charge in [0.05, 0.1) is 13.2 Å². The second kappa shape index (κ2) is 13.9. The molecule has 0 radical (unpaired) electrons. The SMILES string of the molecule is [CH2+]OCCOc1c(OCCOC)cc(C(=O)NCCN)cc1OCCOC. The van der Waals surface area contributed by atoms with E-state index in [2.05, 4.69) is 12.4 Å². The first-order valence-electron chi connectivity index (χ1n) is 8.57. The Balaban J connectivity index is 3.14. The summed E-state index contributed by atoms with van der Waals surface area (Å²) in [5, 5.41) is 2.72. The van der Waals surface area contributed by atoms with E-state index in [0.29, 0.717) is 49.1 Å². The fraction of sp³-hybridized carbons (Fsp3) is 0.556. The van der Waals surface area contributed by atoms with Gasteiger partial charge >= 0.3 is 0 Å². The van der Waals surface area contributed by atoms with Crippen LogP contribution in [0.15, 0.2) is 12.1 Å². The summed E-state index contributed by atoms with van der Waals surface area (Å²) in [4.78, 5) is 12.3. The summed E-state index contributed by atoms with van der Waals surface area (Å²) in [7, 11) is 6.45. The Bertz CT molecular complexity index is 524. The van der Waals surface area contributed by atoms with Gasteiger partial charge in [0, 0.05) is 32.9 Å². The van der Waals surface area contributed by atoms with Gasteiger partial charge in [-0.15, -0.1) is 0 Å². The minimum atomic E-state index is -0.290. The molecule has 3 N–H and O–H groups in total. The number of carbonyl (C=O) groups is 1. The lowest BCUT2D eigenvalue weighted by atomic mass is 10.1. The highest BCUT2D eigenvalue weighted by molar-refractivity contribution is 5.95. The van der Waals surface area contributed by atoms with Crippen molar-refractivity contribution in [2.45, 2.75) is 0 Å². The number of ether oxygens (including phenoxy) is 6. The molecule has 0 fully saturated rings. The van der Waals surface area contributed by atoms with Gasteiger partial charge in [0.1, 0.15) is 26.4 Å². The molecule has 0 aliphatic rings. The van der Waals surface area contributed by atoms with Crippen molar-refractivity contribution in [1.29, 1.82) is 0 Å². The molecule has 0 heterocycles. The first-order chi connectivity index (χ1) is 13.2. The molecule has 152 valence electrons. The van der Waals surface area contributed by atoms with Crippen LogP contribution in [0, 0.1) is 7.11 Å². The minimum absolute atomic E-state index is 0.240. The maximum absolute atomic E-state index is 12.3. The number of amides is 1. The number of benzene rings is 1. The van der Waals surface area contributed by atoms with E-state index >= 15 is 0 Å². The Morgan fingerprint density at radius 1 is 0.963 bits per heavy atom. The summed E-state index contributed by atoms with van der Waals surface area (Å²) in [6.45, 7) is 2.55. The monoisotopic (exact) mass is 385 g/mol. The molecular weight excluding hydrogens is 356 g/mol. The lowest BCUT2D eigenvalue weighted by Crippen LogP contribution is -2.29. The smallest absolute Gasteiger partial charge is 0.251 e. The molecular formula is C18H29N2O7+. The third-order valence-corrected chi connectivity index (χ3v) is 3.28. The van der Waals surface area contributed by atoms with E-state index < -0.39 is 0 Å². The van der Waals surface area contributed by atoms with E-state index in [-0.39, 0.29) is 32.3 Å². The van der Waals surface area contributed by atoms with Crippen LogP contribution in [-0.4, -0.2) is 72.9 Å². The van der Waals surface area contributed by atoms with Crippen LogP contribution < -0.4 is 25.3 Å². The van der Waals surface area contributed by atoms with Crippen LogP contribution in [-0.2, 0) is 14.2 Å². The van der Waals surface area contributed by atoms with Crippen molar-refractivity contribution in [2.24, 2.45) is 5.73 Å². The zero-order valence-corrected chi connectivity index (χ0v) is 16.0. The average Bonchev–Trinajstić information content (AvgIpc) is 2.67. The largest absolute Gasteiger partial charge is 0.487 e. The molecule has 0 aliphatic carbocycles. The molecule has 0 aliphatic heterocycles. The number of rotatable bonds is 15. The van der Waals surface area contributed by atoms with Crippen molar-refractivity contribution < 1.29 is 33.2 Å². The first kappa shape index (κ1) is 22.8. The van der Waals surface area contributed by atoms with Crippen LogP contribution in [0.4, 0.5) is 0 Å². The molecule has 9 heteroatoms. The summed E-state index contributed by atoms with van der Waals surface area (Å²) in [6.07, 6.45) is 0. The van der Waals surface area contributed by atoms with Crippen molar-refractivity contribution >= 4 is 5.91 Å². The van der Waals surface area contributed by atoms with Crippen LogP contribution in [0.2, 0.25) is 0 Å². The standard InChI is InChI=1S/C18H28N2O7/c1-22-6-9-25-15-12-14(18(21)20-5-4-19)13-16(26-10-7-23-2)17(15)27-11-8-24-3/h12-13H,3-11,19H2,1-2H3/p+1. The van der Waals surface area contributed by atoms with Crippen LogP contribution in [0.5, 0.6) is 17.2 Å². The molecule has 27 heavy (non-hydrogen) atoms. The van der Waals surface area contributed by atoms with Crippen LogP contribution in [0.1, 0.15) is 10.4 Å². The maximum Gasteiger partial charge on any atom is 0.251 e. The van der Waals surface area contributed by atoms with Gasteiger partial charge in [-0.2, -0.15) is 4.74 Å². The van der Waals surface area contributed by atoms with Gasteiger partial charge in [-0.05, 0) is 12.1 Å². The lowest BCUT2D eigenvalue weighted by Gasteiger charge is -2.18. The summed E-state index contributed by atoms with van der Waals surface area (Å²) >= 11 is 0. The van der Waals surface area contributed by atoms with E-state index in [1.54, 1.807) is 26.4 Å². The molecule has 0 saturated heterocycles. The highest BCUT2D eigenvalue weighted by Crippen LogP contribution is 2.39. The molecule has 0 saturated carbocycles. The molecule has 1 rings (SSSR count). The molecule has 0 atom stereocenters. The van der Waals surface area contributed by atoms with Crippen molar-refractivity contribution in [1.82, 2.24) is 5.32 Å². The topological polar surface area (TPSA) is 110 Å². The summed E-state index contributed by atoms with van der Waals surface area (Å²) in [5.74, 6) is 0.809. The minimum Gasteiger partial charge on any atom is -0.487 e. The Morgan fingerprint density at radius 3 is 2.00 bits per heavy atom. The lowest BCUT2D eigenvalue weighted by molar-refractivity contribution is 0.0952. The Labute approximate surface area is 160 Å². The van der Waals surface area contributed by atoms with Crippen LogP contribution in [0.3, 0.4) is 0 Å². The third kappa shape index (κ3) is 8.35. The zero-order chi connectivity index (χ0) is 19.9. The van der Waals surface area contributed by atoms with Crippen LogP contribution >= 0.6 is 0 Å². The maximum atomic E-state index is 12.3. The molecule has 1 aromatic carbocycles. The van der Waals surface area contributed by atoms with Gasteiger partial charge in [0.15, 0.2) is 11.5 Å². The molecule has 0 bridgehead atoms. The van der Waals surface area contributed by atoms with Gasteiger partial charge in [-0.25, -0.2) is 0 Å². The molecule has 0 spiro atoms. The van der Waals surface area contributed by atoms with Gasteiger partial charge in [-0.1, -0.05) is 0 Å². The van der Waals surface area contributed by atoms with Crippen LogP contribution in [0.25, 0.3) is 0 Å². The Hall–Kier alpha value is -2.20. The van der Waals surface area contributed by atoms with Crippen molar-refractivity contribution in [3.8, 4) is 17.2 Å². The molecule has 1 amide bonds. The van der Waals surface area contributed by atoms with E-state index in [9.17, 15) is 4.79 Å². The van der Waals surface area contributed by atoms with Crippen molar-refractivity contribution in [2.75, 3.05) is 67.0 Å². The van der Waals surface area contributed by atoms with Gasteiger partial charge < -0.3 is 34.7 Å². The number of hydrogen-bond donors (Lipinski definition) is 2. The third-order valence-electron chi connectivity index (χ3n) is 3.28. The van der Waals surface area contributed by atoms with E-state index in [1.165, 1.54) is 0 Å². The van der Waals surface area contributed by atoms with Gasteiger partial charge in [0.2, 0.25) is 12.9 Å². The normalized spacial score (nSPS) is 10.5. The van der Waals surface area contributed by atoms with Gasteiger partial charge in [0.25, 0.3) is 5.91 Å². The Kier molecular flexibility index (Phi) is 11.8. The predicted octanol–water partition coefficient (Wildman–Crippen LogP) is 0.612. The van der Waals surface area contributed by atoms with Crippen molar-refractivity contribution in [3.63, 3.8) is 0 Å². The molecule has 9 nitrogen and oxygen atoms in total. The molecule has 0 aromatic heterocycles. The quantitative estimate of drug-likeness (QED) is 0.334. The molecule has 0 unspecified atom stereocenters. The fourth-order valence-corrected chi connectivity index (χ4v) is 2.02. The number of carbonyl (C=O) groups excluding carboxylic acids is 1. The Morgan fingerprint density at radius 2 is 1.52 bits per heavy atom. The van der Waals surface area contributed by atoms with E-state index in [4.69, 9.17) is 34.2 Å². The summed E-state index contributed by atoms with van der Waals surface area (Å²) < 4.78 is 32.0. The fourth-order valence-electron chi connectivity index (χ4n) is 2.02. The predicted molar refractivity (Wildman–Crippen MR) is 99.4 cm³/mol. The average molecular weight is 385 g/mol. The van der Waals surface area contributed by atoms with Gasteiger partial charge in [-0.3, -0.25) is 4.79 Å². The second-order valence-electron chi connectivity index (χ2n) is 5.29. The second-order valence-corrected chi connectivity index (χ2v) is 5.29. The van der Waals surface area contributed by atoms with E-state index in [1.807, 2.05) is 0 Å². The number of hydrogen-bond acceptors (Lipinski definition) is 8. The summed E-state index contributed by atoms with van der Waals surface area (Å²) in [5.41, 5.74) is 5.80. The number of methoxy groups -OCH3 is 2.